The van der Waals surface area contributed by atoms with Crippen molar-refractivity contribution in [3.8, 4) is 17.6 Å². The minimum absolute atomic E-state index is 0.101. The molecule has 2 aromatic rings. The van der Waals surface area contributed by atoms with Crippen molar-refractivity contribution >= 4 is 5.91 Å². The highest BCUT2D eigenvalue weighted by molar-refractivity contribution is 5.77. The number of carbonyl (C=O) groups is 1. The topological polar surface area (TPSA) is 71.3 Å². The third kappa shape index (κ3) is 7.50. The zero-order valence-electron chi connectivity index (χ0n) is 17.5. The van der Waals surface area contributed by atoms with E-state index in [1.807, 2.05) is 42.5 Å². The van der Waals surface area contributed by atoms with Crippen molar-refractivity contribution in [1.29, 1.82) is 5.26 Å². The van der Waals surface area contributed by atoms with Crippen LogP contribution in [0, 0.1) is 11.3 Å². The molecule has 5 nitrogen and oxygen atoms in total. The van der Waals surface area contributed by atoms with Crippen LogP contribution in [0.3, 0.4) is 0 Å². The Kier molecular flexibility index (Phi) is 8.54. The monoisotopic (exact) mass is 394 g/mol. The summed E-state index contributed by atoms with van der Waals surface area (Å²) in [5, 5.41) is 11.2. The van der Waals surface area contributed by atoms with Gasteiger partial charge in [-0.05, 0) is 53.6 Å². The Labute approximate surface area is 173 Å². The standard InChI is InChI=1S/C24H30N2O3/c1-4-24(2,3)20-7-11-22(12-8-20)29-18-17-28-21-9-5-19(6-10-21)14-16-26-23(27)13-15-25/h5-12H,4,13-14,16-18H2,1-3H3,(H,26,27). The Morgan fingerprint density at radius 3 is 2.07 bits per heavy atom. The molecule has 154 valence electrons. The molecule has 0 aliphatic rings. The van der Waals surface area contributed by atoms with Crippen molar-refractivity contribution in [2.45, 2.75) is 45.4 Å². The lowest BCUT2D eigenvalue weighted by atomic mass is 9.82. The third-order valence-corrected chi connectivity index (χ3v) is 5.04. The van der Waals surface area contributed by atoms with Crippen molar-refractivity contribution in [2.24, 2.45) is 0 Å². The minimum Gasteiger partial charge on any atom is -0.490 e. The second-order valence-corrected chi connectivity index (χ2v) is 7.54. The minimum atomic E-state index is -0.240. The highest BCUT2D eigenvalue weighted by Crippen LogP contribution is 2.28. The van der Waals surface area contributed by atoms with E-state index in [0.717, 1.165) is 23.5 Å². The molecule has 0 atom stereocenters. The molecule has 0 aliphatic carbocycles. The van der Waals surface area contributed by atoms with Crippen LogP contribution in [0.25, 0.3) is 0 Å². The first-order valence-corrected chi connectivity index (χ1v) is 10.0. The number of nitriles is 1. The average Bonchev–Trinajstić information content (AvgIpc) is 2.73. The summed E-state index contributed by atoms with van der Waals surface area (Å²) in [5.74, 6) is 1.39. The van der Waals surface area contributed by atoms with Crippen LogP contribution in [-0.2, 0) is 16.6 Å². The highest BCUT2D eigenvalue weighted by atomic mass is 16.5. The van der Waals surface area contributed by atoms with Gasteiger partial charge in [-0.1, -0.05) is 45.0 Å². The van der Waals surface area contributed by atoms with E-state index in [2.05, 4.69) is 38.2 Å². The number of nitrogens with zero attached hydrogens (tertiary/aromatic N) is 1. The second-order valence-electron chi connectivity index (χ2n) is 7.54. The fourth-order valence-corrected chi connectivity index (χ4v) is 2.76. The Morgan fingerprint density at radius 2 is 1.55 bits per heavy atom. The number of carbonyl (C=O) groups excluding carboxylic acids is 1. The summed E-state index contributed by atoms with van der Waals surface area (Å²) in [4.78, 5) is 11.2. The lowest BCUT2D eigenvalue weighted by Gasteiger charge is -2.23. The van der Waals surface area contributed by atoms with Gasteiger partial charge in [0.05, 0.1) is 6.07 Å². The Balaban J connectivity index is 1.69. The van der Waals surface area contributed by atoms with Gasteiger partial charge in [0.15, 0.2) is 0 Å². The van der Waals surface area contributed by atoms with E-state index in [1.54, 1.807) is 0 Å². The van der Waals surface area contributed by atoms with Gasteiger partial charge in [-0.3, -0.25) is 4.79 Å². The molecule has 0 fully saturated rings. The first-order chi connectivity index (χ1) is 13.9. The zero-order valence-corrected chi connectivity index (χ0v) is 17.5. The molecule has 29 heavy (non-hydrogen) atoms. The fourth-order valence-electron chi connectivity index (χ4n) is 2.76. The van der Waals surface area contributed by atoms with E-state index in [9.17, 15) is 4.79 Å². The largest absolute Gasteiger partial charge is 0.490 e. The summed E-state index contributed by atoms with van der Waals surface area (Å²) in [6, 6.07) is 17.9. The predicted octanol–water partition coefficient (Wildman–Crippen LogP) is 4.40. The third-order valence-electron chi connectivity index (χ3n) is 5.04. The van der Waals surface area contributed by atoms with Crippen LogP contribution < -0.4 is 14.8 Å². The van der Waals surface area contributed by atoms with Crippen LogP contribution in [0.15, 0.2) is 48.5 Å². The van der Waals surface area contributed by atoms with Crippen molar-refractivity contribution in [2.75, 3.05) is 19.8 Å². The summed E-state index contributed by atoms with van der Waals surface area (Å²) in [7, 11) is 0. The highest BCUT2D eigenvalue weighted by Gasteiger charge is 2.17. The van der Waals surface area contributed by atoms with E-state index in [-0.39, 0.29) is 17.7 Å². The van der Waals surface area contributed by atoms with E-state index >= 15 is 0 Å². The molecule has 0 saturated carbocycles. The van der Waals surface area contributed by atoms with Gasteiger partial charge < -0.3 is 14.8 Å². The van der Waals surface area contributed by atoms with Crippen LogP contribution in [0.4, 0.5) is 0 Å². The molecule has 5 heteroatoms. The Morgan fingerprint density at radius 1 is 1.00 bits per heavy atom. The smallest absolute Gasteiger partial charge is 0.234 e. The molecule has 1 N–H and O–H groups in total. The summed E-state index contributed by atoms with van der Waals surface area (Å²) in [5.41, 5.74) is 2.59. The molecule has 0 aromatic heterocycles. The van der Waals surface area contributed by atoms with E-state index < -0.39 is 0 Å². The van der Waals surface area contributed by atoms with E-state index in [1.165, 1.54) is 5.56 Å². The van der Waals surface area contributed by atoms with Gasteiger partial charge in [0.1, 0.15) is 31.1 Å². The maximum absolute atomic E-state index is 11.2. The molecule has 0 spiro atoms. The first kappa shape index (κ1) is 22.3. The molecule has 0 heterocycles. The predicted molar refractivity (Wildman–Crippen MR) is 114 cm³/mol. The van der Waals surface area contributed by atoms with Crippen LogP contribution in [-0.4, -0.2) is 25.7 Å². The van der Waals surface area contributed by atoms with E-state index in [0.29, 0.717) is 26.2 Å². The number of ether oxygens (including phenoxy) is 2. The average molecular weight is 395 g/mol. The maximum atomic E-state index is 11.2. The van der Waals surface area contributed by atoms with Gasteiger partial charge in [-0.25, -0.2) is 0 Å². The van der Waals surface area contributed by atoms with Crippen LogP contribution in [0.5, 0.6) is 11.5 Å². The molecule has 0 unspecified atom stereocenters. The maximum Gasteiger partial charge on any atom is 0.234 e. The summed E-state index contributed by atoms with van der Waals surface area (Å²) < 4.78 is 11.5. The number of amides is 1. The van der Waals surface area contributed by atoms with Gasteiger partial charge in [-0.15, -0.1) is 0 Å². The molecule has 0 radical (unpaired) electrons. The van der Waals surface area contributed by atoms with Gasteiger partial charge >= 0.3 is 0 Å². The fraction of sp³-hybridized carbons (Fsp3) is 0.417. The van der Waals surface area contributed by atoms with Crippen molar-refractivity contribution < 1.29 is 14.3 Å². The van der Waals surface area contributed by atoms with Gasteiger partial charge in [0, 0.05) is 6.54 Å². The number of nitrogens with one attached hydrogen (secondary N) is 1. The van der Waals surface area contributed by atoms with Crippen molar-refractivity contribution in [3.63, 3.8) is 0 Å². The van der Waals surface area contributed by atoms with Gasteiger partial charge in [0.2, 0.25) is 5.91 Å². The number of benzene rings is 2. The molecular formula is C24H30N2O3. The van der Waals surface area contributed by atoms with Crippen molar-refractivity contribution in [1.82, 2.24) is 5.32 Å². The molecule has 1 amide bonds. The van der Waals surface area contributed by atoms with Gasteiger partial charge in [-0.2, -0.15) is 5.26 Å². The Bertz CT molecular complexity index is 806. The Hall–Kier alpha value is -3.00. The van der Waals surface area contributed by atoms with Crippen LogP contribution in [0.2, 0.25) is 0 Å². The van der Waals surface area contributed by atoms with Crippen LogP contribution >= 0.6 is 0 Å². The van der Waals surface area contributed by atoms with Crippen molar-refractivity contribution in [3.05, 3.63) is 59.7 Å². The molecule has 2 aromatic carbocycles. The normalized spacial score (nSPS) is 10.8. The van der Waals surface area contributed by atoms with Gasteiger partial charge in [0.25, 0.3) is 0 Å². The number of hydrogen-bond donors (Lipinski definition) is 1. The summed E-state index contributed by atoms with van der Waals surface area (Å²) >= 11 is 0. The molecule has 0 bridgehead atoms. The quantitative estimate of drug-likeness (QED) is 0.573. The molecule has 0 saturated heterocycles. The molecule has 0 aliphatic heterocycles. The lowest BCUT2D eigenvalue weighted by molar-refractivity contribution is -0.120. The SMILES string of the molecule is CCC(C)(C)c1ccc(OCCOc2ccc(CCNC(=O)CC#N)cc2)cc1. The van der Waals surface area contributed by atoms with E-state index in [4.69, 9.17) is 14.7 Å². The molecule has 2 rings (SSSR count). The van der Waals surface area contributed by atoms with Crippen LogP contribution in [0.1, 0.15) is 44.7 Å². The zero-order chi connectivity index (χ0) is 21.1. The summed E-state index contributed by atoms with van der Waals surface area (Å²) in [6.07, 6.45) is 1.71. The second kappa shape index (κ2) is 11.1. The number of hydrogen-bond acceptors (Lipinski definition) is 4. The lowest BCUT2D eigenvalue weighted by Crippen LogP contribution is -2.24. The number of rotatable bonds is 11. The summed E-state index contributed by atoms with van der Waals surface area (Å²) in [6.45, 7) is 8.14. The first-order valence-electron chi connectivity index (χ1n) is 10.0. The molecular weight excluding hydrogens is 364 g/mol.